The number of hydrogen-bond acceptors (Lipinski definition) is 2. The molecule has 2 heteroatoms. The first kappa shape index (κ1) is 5.78. The van der Waals surface area contributed by atoms with E-state index in [1.165, 1.54) is 19.3 Å². The fraction of sp³-hybridized carbons (Fsp3) is 0.857. The molecule has 0 amide bonds. The minimum absolute atomic E-state index is 0.468. The Kier molecular flexibility index (Phi) is 1.29. The van der Waals surface area contributed by atoms with Crippen LogP contribution in [-0.4, -0.2) is 10.9 Å². The third-order valence-electron chi connectivity index (χ3n) is 2.40. The molecule has 0 spiro atoms. The topological polar surface area (TPSA) is 17.1 Å². The van der Waals surface area contributed by atoms with Gasteiger partial charge in [-0.3, -0.25) is 4.79 Å². The Labute approximate surface area is 59.2 Å². The minimum atomic E-state index is 0.468. The van der Waals surface area contributed by atoms with Crippen molar-refractivity contribution in [3.63, 3.8) is 0 Å². The molecule has 2 unspecified atom stereocenters. The van der Waals surface area contributed by atoms with E-state index in [0.717, 1.165) is 11.7 Å². The van der Waals surface area contributed by atoms with E-state index in [1.807, 2.05) is 0 Å². The van der Waals surface area contributed by atoms with Crippen LogP contribution in [-0.2, 0) is 4.79 Å². The van der Waals surface area contributed by atoms with Gasteiger partial charge in [0.25, 0.3) is 0 Å². The van der Waals surface area contributed by atoms with Crippen molar-refractivity contribution in [2.45, 2.75) is 19.3 Å². The van der Waals surface area contributed by atoms with Crippen LogP contribution in [0.25, 0.3) is 0 Å². The van der Waals surface area contributed by atoms with Crippen LogP contribution in [0.4, 0.5) is 0 Å². The summed E-state index contributed by atoms with van der Waals surface area (Å²) in [7, 11) is 0. The van der Waals surface area contributed by atoms with E-state index in [-0.39, 0.29) is 0 Å². The van der Waals surface area contributed by atoms with Crippen molar-refractivity contribution < 1.29 is 4.79 Å². The Morgan fingerprint density at radius 1 is 1.44 bits per heavy atom. The summed E-state index contributed by atoms with van der Waals surface area (Å²) in [5.74, 6) is 2.35. The number of fused-ring (bicyclic) bond motifs is 1. The molecule has 2 aliphatic rings. The first-order chi connectivity index (χ1) is 4.38. The number of carbonyl (C=O) groups excluding carboxylic acids is 1. The molecule has 1 heterocycles. The van der Waals surface area contributed by atoms with E-state index < -0.39 is 0 Å². The Morgan fingerprint density at radius 2 is 2.33 bits per heavy atom. The zero-order valence-electron chi connectivity index (χ0n) is 5.30. The van der Waals surface area contributed by atoms with Gasteiger partial charge < -0.3 is 0 Å². The molecule has 0 aromatic rings. The van der Waals surface area contributed by atoms with E-state index in [4.69, 9.17) is 0 Å². The summed E-state index contributed by atoms with van der Waals surface area (Å²) in [5.41, 5.74) is 0. The molecule has 1 saturated carbocycles. The van der Waals surface area contributed by atoms with E-state index in [0.29, 0.717) is 11.0 Å². The summed E-state index contributed by atoms with van der Waals surface area (Å²) in [6.07, 6.45) is 3.78. The molecule has 1 aliphatic carbocycles. The molecule has 0 N–H and O–H groups in total. The Hall–Kier alpha value is 0.0200. The molecular formula is C7H10OS. The van der Waals surface area contributed by atoms with Crippen LogP contribution in [0.2, 0.25) is 0 Å². The van der Waals surface area contributed by atoms with Crippen molar-refractivity contribution in [2.75, 3.05) is 5.75 Å². The van der Waals surface area contributed by atoms with Gasteiger partial charge in [0, 0.05) is 11.7 Å². The Balaban J connectivity index is 2.15. The maximum atomic E-state index is 11.0. The number of hydrogen-bond donors (Lipinski definition) is 0. The molecule has 0 aromatic carbocycles. The molecule has 2 atom stereocenters. The second kappa shape index (κ2) is 2.01. The highest BCUT2D eigenvalue weighted by molar-refractivity contribution is 8.14. The van der Waals surface area contributed by atoms with Crippen molar-refractivity contribution in [3.05, 3.63) is 0 Å². The van der Waals surface area contributed by atoms with Crippen molar-refractivity contribution in [3.8, 4) is 0 Å². The van der Waals surface area contributed by atoms with E-state index >= 15 is 0 Å². The van der Waals surface area contributed by atoms with Gasteiger partial charge in [0.05, 0.1) is 0 Å². The summed E-state index contributed by atoms with van der Waals surface area (Å²) in [6.45, 7) is 0. The first-order valence-electron chi connectivity index (χ1n) is 3.54. The summed E-state index contributed by atoms with van der Waals surface area (Å²) in [6, 6.07) is 0. The van der Waals surface area contributed by atoms with Gasteiger partial charge in [0.2, 0.25) is 0 Å². The molecule has 2 rings (SSSR count). The molecule has 9 heavy (non-hydrogen) atoms. The number of carbonyl (C=O) groups is 1. The molecular weight excluding hydrogens is 132 g/mol. The smallest absolute Gasteiger partial charge is 0.192 e. The lowest BCUT2D eigenvalue weighted by molar-refractivity contribution is -0.114. The second-order valence-corrected chi connectivity index (χ2v) is 3.95. The van der Waals surface area contributed by atoms with E-state index in [1.54, 1.807) is 11.8 Å². The highest BCUT2D eigenvalue weighted by Gasteiger charge is 2.38. The summed E-state index contributed by atoms with van der Waals surface area (Å²) in [5, 5.41) is 0.470. The summed E-state index contributed by atoms with van der Waals surface area (Å²) >= 11 is 1.55. The first-order valence-corrected chi connectivity index (χ1v) is 4.53. The maximum absolute atomic E-state index is 11.0. The van der Waals surface area contributed by atoms with Crippen LogP contribution in [0.15, 0.2) is 0 Å². The molecule has 50 valence electrons. The van der Waals surface area contributed by atoms with Crippen molar-refractivity contribution >= 4 is 16.9 Å². The predicted octanol–water partition coefficient (Wildman–Crippen LogP) is 1.68. The highest BCUT2D eigenvalue weighted by atomic mass is 32.2. The van der Waals surface area contributed by atoms with Crippen molar-refractivity contribution in [2.24, 2.45) is 11.8 Å². The van der Waals surface area contributed by atoms with Crippen LogP contribution >= 0.6 is 11.8 Å². The van der Waals surface area contributed by atoms with E-state index in [2.05, 4.69) is 0 Å². The zero-order chi connectivity index (χ0) is 6.27. The van der Waals surface area contributed by atoms with Gasteiger partial charge in [-0.1, -0.05) is 18.2 Å². The van der Waals surface area contributed by atoms with Gasteiger partial charge in [0.15, 0.2) is 5.12 Å². The maximum Gasteiger partial charge on any atom is 0.192 e. The lowest BCUT2D eigenvalue weighted by atomic mass is 10.0. The molecule has 0 radical (unpaired) electrons. The van der Waals surface area contributed by atoms with Crippen LogP contribution in [0, 0.1) is 11.8 Å². The third-order valence-corrected chi connectivity index (χ3v) is 3.58. The highest BCUT2D eigenvalue weighted by Crippen LogP contribution is 2.42. The monoisotopic (exact) mass is 142 g/mol. The molecule has 0 bridgehead atoms. The van der Waals surface area contributed by atoms with Gasteiger partial charge in [-0.15, -0.1) is 0 Å². The fourth-order valence-corrected chi connectivity index (χ4v) is 3.14. The molecule has 1 nitrogen and oxygen atoms in total. The molecule has 1 saturated heterocycles. The largest absolute Gasteiger partial charge is 0.287 e. The minimum Gasteiger partial charge on any atom is -0.287 e. The molecule has 0 aromatic heterocycles. The Bertz CT molecular complexity index is 144. The van der Waals surface area contributed by atoms with Crippen molar-refractivity contribution in [1.29, 1.82) is 0 Å². The quantitative estimate of drug-likeness (QED) is 0.512. The molecule has 2 fully saturated rings. The average Bonchev–Trinajstić information content (AvgIpc) is 2.35. The van der Waals surface area contributed by atoms with E-state index in [9.17, 15) is 4.79 Å². The van der Waals surface area contributed by atoms with Gasteiger partial charge in [-0.2, -0.15) is 0 Å². The van der Waals surface area contributed by atoms with Crippen LogP contribution in [0.1, 0.15) is 19.3 Å². The number of thioether (sulfide) groups is 1. The van der Waals surface area contributed by atoms with Gasteiger partial charge in [-0.25, -0.2) is 0 Å². The van der Waals surface area contributed by atoms with Gasteiger partial charge >= 0.3 is 0 Å². The molecule has 1 aliphatic heterocycles. The van der Waals surface area contributed by atoms with Crippen LogP contribution < -0.4 is 0 Å². The van der Waals surface area contributed by atoms with Crippen LogP contribution in [0.3, 0.4) is 0 Å². The Morgan fingerprint density at radius 3 is 3.11 bits per heavy atom. The zero-order valence-corrected chi connectivity index (χ0v) is 6.12. The lowest BCUT2D eigenvalue weighted by Gasteiger charge is -2.01. The second-order valence-electron chi connectivity index (χ2n) is 2.93. The lowest BCUT2D eigenvalue weighted by Crippen LogP contribution is -2.06. The average molecular weight is 142 g/mol. The van der Waals surface area contributed by atoms with Gasteiger partial charge in [-0.05, 0) is 18.8 Å². The fourth-order valence-electron chi connectivity index (χ4n) is 1.84. The number of rotatable bonds is 0. The summed E-state index contributed by atoms with van der Waals surface area (Å²) < 4.78 is 0. The van der Waals surface area contributed by atoms with Crippen LogP contribution in [0.5, 0.6) is 0 Å². The van der Waals surface area contributed by atoms with Gasteiger partial charge in [0.1, 0.15) is 0 Å². The predicted molar refractivity (Wildman–Crippen MR) is 38.3 cm³/mol. The third kappa shape index (κ3) is 0.803. The summed E-state index contributed by atoms with van der Waals surface area (Å²) in [4.78, 5) is 11.0. The SMILES string of the molecule is O=C1SCC2CCCC12. The normalized spacial score (nSPS) is 41.6. The standard InChI is InChI=1S/C7H10OS/c8-7-6-3-1-2-5(6)4-9-7/h5-6H,1-4H2. The van der Waals surface area contributed by atoms with Crippen molar-refractivity contribution in [1.82, 2.24) is 0 Å².